The molecule has 0 bridgehead atoms. The van der Waals surface area contributed by atoms with Crippen molar-refractivity contribution < 1.29 is 43.7 Å². The molecule has 5 N–H and O–H groups in total. The lowest BCUT2D eigenvalue weighted by Gasteiger charge is -2.48. The van der Waals surface area contributed by atoms with Crippen LogP contribution in [0.3, 0.4) is 0 Å². The number of hydrogen-bond donors (Lipinski definition) is 2. The van der Waals surface area contributed by atoms with Gasteiger partial charge >= 0.3 is 12.1 Å². The summed E-state index contributed by atoms with van der Waals surface area (Å²) in [5.74, 6) is -1.48. The molecular formula is C18H24ClN5O9S2. The zero-order valence-electron chi connectivity index (χ0n) is 18.5. The Labute approximate surface area is 213 Å². The van der Waals surface area contributed by atoms with Crippen LogP contribution in [0.15, 0.2) is 22.3 Å². The van der Waals surface area contributed by atoms with Crippen LogP contribution in [0.1, 0.15) is 12.6 Å². The predicted molar refractivity (Wildman–Crippen MR) is 128 cm³/mol. The first kappa shape index (κ1) is 30.0. The van der Waals surface area contributed by atoms with E-state index in [1.165, 1.54) is 23.8 Å². The molecule has 3 heterocycles. The van der Waals surface area contributed by atoms with Gasteiger partial charge in [0.2, 0.25) is 0 Å². The molecule has 0 aromatic carbocycles. The number of hydrogen-bond acceptors (Lipinski definition) is 13. The average molecular weight is 554 g/mol. The van der Waals surface area contributed by atoms with Crippen molar-refractivity contribution in [2.45, 2.75) is 18.3 Å². The van der Waals surface area contributed by atoms with Crippen LogP contribution in [0.25, 0.3) is 0 Å². The minimum absolute atomic E-state index is 0. The normalized spacial score (nSPS) is 18.5. The number of nitrogens with zero attached hydrogens (tertiary/aromatic N) is 3. The van der Waals surface area contributed by atoms with Crippen molar-refractivity contribution in [2.75, 3.05) is 38.4 Å². The number of aromatic nitrogens is 1. The molecule has 2 atom stereocenters. The fourth-order valence-corrected chi connectivity index (χ4v) is 4.67. The number of fused-ring (bicyclic) bond motifs is 1. The van der Waals surface area contributed by atoms with Gasteiger partial charge in [-0.25, -0.2) is 14.6 Å². The molecule has 17 heteroatoms. The molecule has 1 unspecified atom stereocenters. The van der Waals surface area contributed by atoms with E-state index in [-0.39, 0.29) is 59.9 Å². The number of anilines is 1. The molecule has 2 aliphatic heterocycles. The van der Waals surface area contributed by atoms with E-state index >= 15 is 0 Å². The standard InChI is InChI=1S/C18H21N5O8S2.ClH.H2O/c1-3-29-18(27)31-6-5-30-16(26)10-4-7-32-15-12(14(25)23(10)15)21-13(24)11(22-28-2)9-8-33-17(19)20-9;;/h4,8,12,15H,3,5-7H2,1-2H3,(H2,19,20)(H,21,24);1H;1H2/t12?,15-;;/m0../s1. The van der Waals surface area contributed by atoms with Crippen molar-refractivity contribution in [1.82, 2.24) is 15.2 Å². The number of amides is 2. The Morgan fingerprint density at radius 3 is 2.63 bits per heavy atom. The largest absolute Gasteiger partial charge is 0.508 e. The summed E-state index contributed by atoms with van der Waals surface area (Å²) in [4.78, 5) is 59.0. The van der Waals surface area contributed by atoms with Crippen molar-refractivity contribution >= 4 is 70.3 Å². The molecule has 194 valence electrons. The number of carbonyl (C=O) groups excluding carboxylic acids is 4. The first-order chi connectivity index (χ1) is 15.9. The highest BCUT2D eigenvalue weighted by Crippen LogP contribution is 2.37. The number of esters is 1. The highest BCUT2D eigenvalue weighted by Gasteiger charge is 2.53. The van der Waals surface area contributed by atoms with Crippen LogP contribution in [-0.4, -0.2) is 89.1 Å². The lowest BCUT2D eigenvalue weighted by atomic mass is 10.0. The van der Waals surface area contributed by atoms with Gasteiger partial charge in [0.05, 0.1) is 6.61 Å². The molecule has 1 fully saturated rings. The van der Waals surface area contributed by atoms with Gasteiger partial charge in [-0.3, -0.25) is 14.5 Å². The van der Waals surface area contributed by atoms with Crippen LogP contribution in [-0.2, 0) is 33.4 Å². The maximum Gasteiger partial charge on any atom is 0.508 e. The van der Waals surface area contributed by atoms with Crippen LogP contribution in [0.4, 0.5) is 9.93 Å². The van der Waals surface area contributed by atoms with Gasteiger partial charge < -0.3 is 35.6 Å². The predicted octanol–water partition coefficient (Wildman–Crippen LogP) is -0.327. The second-order valence-electron chi connectivity index (χ2n) is 6.33. The number of ether oxygens (including phenoxy) is 3. The third kappa shape index (κ3) is 6.97. The van der Waals surface area contributed by atoms with Crippen molar-refractivity contribution in [3.05, 3.63) is 22.8 Å². The van der Waals surface area contributed by atoms with E-state index < -0.39 is 35.4 Å². The van der Waals surface area contributed by atoms with Crippen LogP contribution in [0.5, 0.6) is 0 Å². The Kier molecular flexibility index (Phi) is 11.7. The van der Waals surface area contributed by atoms with E-state index in [1.807, 2.05) is 0 Å². The summed E-state index contributed by atoms with van der Waals surface area (Å²) in [6, 6.07) is -0.885. The lowest BCUT2D eigenvalue weighted by molar-refractivity contribution is -0.152. The number of halogens is 1. The fraction of sp³-hybridized carbons (Fsp3) is 0.444. The Hall–Kier alpha value is -3.08. The molecule has 0 aliphatic carbocycles. The zero-order chi connectivity index (χ0) is 24.0. The summed E-state index contributed by atoms with van der Waals surface area (Å²) in [5, 5.41) is 7.58. The number of nitrogens with two attached hydrogens (primary N) is 1. The Balaban J connectivity index is 0.00000306. The van der Waals surface area contributed by atoms with Gasteiger partial charge in [-0.1, -0.05) is 5.16 Å². The van der Waals surface area contributed by atoms with Gasteiger partial charge in [0.1, 0.15) is 43.1 Å². The van der Waals surface area contributed by atoms with E-state index in [9.17, 15) is 19.2 Å². The molecule has 35 heavy (non-hydrogen) atoms. The number of oxime groups is 1. The molecular weight excluding hydrogens is 530 g/mol. The number of carbonyl (C=O) groups is 4. The zero-order valence-corrected chi connectivity index (χ0v) is 21.0. The Bertz CT molecular complexity index is 1000. The Morgan fingerprint density at radius 2 is 2.00 bits per heavy atom. The number of β-lactam (4-membered cyclic amide) rings is 1. The van der Waals surface area contributed by atoms with E-state index in [0.29, 0.717) is 5.75 Å². The molecule has 0 saturated carbocycles. The minimum Gasteiger partial charge on any atom is -0.457 e. The quantitative estimate of drug-likeness (QED) is 0.133. The number of thiazole rings is 1. The summed E-state index contributed by atoms with van der Waals surface area (Å²) in [6.07, 6.45) is 0.691. The van der Waals surface area contributed by atoms with Gasteiger partial charge in [-0.05, 0) is 13.0 Å². The molecule has 1 aromatic heterocycles. The number of nitrogen functional groups attached to an aromatic ring is 1. The average Bonchev–Trinajstić information content (AvgIpc) is 3.23. The molecule has 0 spiro atoms. The van der Waals surface area contributed by atoms with E-state index in [0.717, 1.165) is 11.3 Å². The first-order valence-electron chi connectivity index (χ1n) is 9.62. The third-order valence-electron chi connectivity index (χ3n) is 4.30. The van der Waals surface area contributed by atoms with Crippen LogP contribution in [0.2, 0.25) is 0 Å². The molecule has 0 radical (unpaired) electrons. The Morgan fingerprint density at radius 1 is 1.29 bits per heavy atom. The van der Waals surface area contributed by atoms with Crippen LogP contribution < -0.4 is 11.1 Å². The van der Waals surface area contributed by atoms with E-state index in [4.69, 9.17) is 20.0 Å². The lowest BCUT2D eigenvalue weighted by Crippen LogP contribution is -2.70. The van der Waals surface area contributed by atoms with Crippen molar-refractivity contribution in [3.63, 3.8) is 0 Å². The van der Waals surface area contributed by atoms with Gasteiger partial charge in [-0.2, -0.15) is 0 Å². The van der Waals surface area contributed by atoms with Crippen LogP contribution in [0, 0.1) is 0 Å². The monoisotopic (exact) mass is 553 g/mol. The van der Waals surface area contributed by atoms with Gasteiger partial charge in [0.15, 0.2) is 10.8 Å². The highest BCUT2D eigenvalue weighted by atomic mass is 35.5. The minimum atomic E-state index is -0.885. The molecule has 1 saturated heterocycles. The number of nitrogens with one attached hydrogen (secondary N) is 1. The van der Waals surface area contributed by atoms with E-state index in [2.05, 4.69) is 20.2 Å². The summed E-state index contributed by atoms with van der Waals surface area (Å²) in [6.45, 7) is 1.40. The fourth-order valence-electron chi connectivity index (χ4n) is 2.92. The maximum atomic E-state index is 12.7. The summed E-state index contributed by atoms with van der Waals surface area (Å²) < 4.78 is 14.4. The van der Waals surface area contributed by atoms with E-state index in [1.54, 1.807) is 18.4 Å². The van der Waals surface area contributed by atoms with Crippen molar-refractivity contribution in [2.24, 2.45) is 5.16 Å². The number of thioether (sulfide) groups is 1. The molecule has 2 amide bonds. The van der Waals surface area contributed by atoms with Gasteiger partial charge in [0.25, 0.3) is 11.8 Å². The van der Waals surface area contributed by atoms with Crippen molar-refractivity contribution in [3.8, 4) is 0 Å². The number of rotatable bonds is 9. The molecule has 14 nitrogen and oxygen atoms in total. The second-order valence-corrected chi connectivity index (χ2v) is 8.37. The summed E-state index contributed by atoms with van der Waals surface area (Å²) >= 11 is 2.49. The maximum absolute atomic E-state index is 12.7. The molecule has 1 aromatic rings. The second kappa shape index (κ2) is 13.7. The summed E-state index contributed by atoms with van der Waals surface area (Å²) in [7, 11) is 1.27. The molecule has 2 aliphatic rings. The summed E-state index contributed by atoms with van der Waals surface area (Å²) in [5.41, 5.74) is 5.75. The van der Waals surface area contributed by atoms with Crippen molar-refractivity contribution in [1.29, 1.82) is 0 Å². The highest BCUT2D eigenvalue weighted by molar-refractivity contribution is 8.00. The van der Waals surface area contributed by atoms with Crippen LogP contribution >= 0.6 is 35.5 Å². The van der Waals surface area contributed by atoms with Gasteiger partial charge in [0, 0.05) is 11.1 Å². The topological polar surface area (TPSA) is 203 Å². The SMILES string of the molecule is CCOC(=O)OCCOC(=O)C1=CCS[C@H]2C(NC(=O)C(=NOC)c3csc(N)n3)C(=O)N12.Cl.O. The first-order valence-corrected chi connectivity index (χ1v) is 11.5. The smallest absolute Gasteiger partial charge is 0.457 e. The molecule has 3 rings (SSSR count). The van der Waals surface area contributed by atoms with Gasteiger partial charge in [-0.15, -0.1) is 35.5 Å². The third-order valence-corrected chi connectivity index (χ3v) is 6.16.